The Kier molecular flexibility index (Phi) is 4.63. The molecule has 1 aliphatic rings. The van der Waals surface area contributed by atoms with Crippen LogP contribution in [-0.4, -0.2) is 15.5 Å². The van der Waals surface area contributed by atoms with Gasteiger partial charge >= 0.3 is 0 Å². The van der Waals surface area contributed by atoms with Crippen LogP contribution in [0.5, 0.6) is 0 Å². The van der Waals surface area contributed by atoms with Crippen molar-refractivity contribution >= 4 is 23.3 Å². The molecule has 4 nitrogen and oxygen atoms in total. The standard InChI is InChI=1S/C18H18ClN3O/c1-13-4-2-6-15(8-13)18(23)21-17-11-22(12-20-17)10-14-5-3-7-16(19)9-14/h2,4-6,8-9,11-12H,3,7,10H2,1H3,(H,21,23). The molecule has 0 atom stereocenters. The summed E-state index contributed by atoms with van der Waals surface area (Å²) in [4.78, 5) is 16.4. The Morgan fingerprint density at radius 1 is 1.43 bits per heavy atom. The van der Waals surface area contributed by atoms with Gasteiger partial charge in [0, 0.05) is 23.3 Å². The van der Waals surface area contributed by atoms with Crippen molar-refractivity contribution in [2.45, 2.75) is 26.3 Å². The third kappa shape index (κ3) is 4.11. The number of imidazole rings is 1. The van der Waals surface area contributed by atoms with E-state index in [0.717, 1.165) is 29.0 Å². The quantitative estimate of drug-likeness (QED) is 0.910. The van der Waals surface area contributed by atoms with Crippen molar-refractivity contribution in [1.29, 1.82) is 0 Å². The number of allylic oxidation sites excluding steroid dienone is 4. The maximum Gasteiger partial charge on any atom is 0.256 e. The van der Waals surface area contributed by atoms with Gasteiger partial charge in [0.05, 0.1) is 6.33 Å². The van der Waals surface area contributed by atoms with E-state index in [0.29, 0.717) is 17.9 Å². The van der Waals surface area contributed by atoms with Crippen molar-refractivity contribution < 1.29 is 4.79 Å². The summed E-state index contributed by atoms with van der Waals surface area (Å²) in [6.07, 6.45) is 9.59. The number of carbonyl (C=O) groups excluding carboxylic acids is 1. The van der Waals surface area contributed by atoms with Gasteiger partial charge in [0.2, 0.25) is 0 Å². The van der Waals surface area contributed by atoms with Crippen molar-refractivity contribution in [1.82, 2.24) is 9.55 Å². The molecule has 1 heterocycles. The summed E-state index contributed by atoms with van der Waals surface area (Å²) in [5.41, 5.74) is 2.84. The van der Waals surface area contributed by atoms with Crippen molar-refractivity contribution in [3.05, 3.63) is 70.7 Å². The molecular formula is C18H18ClN3O. The number of halogens is 1. The molecule has 5 heteroatoms. The third-order valence-corrected chi connectivity index (χ3v) is 3.95. The Morgan fingerprint density at radius 2 is 2.30 bits per heavy atom. The topological polar surface area (TPSA) is 46.9 Å². The number of benzene rings is 1. The molecule has 3 rings (SSSR count). The average molecular weight is 328 g/mol. The number of amides is 1. The fourth-order valence-electron chi connectivity index (χ4n) is 2.53. The van der Waals surface area contributed by atoms with E-state index in [1.54, 1.807) is 12.4 Å². The van der Waals surface area contributed by atoms with E-state index >= 15 is 0 Å². The van der Waals surface area contributed by atoms with Gasteiger partial charge in [0.15, 0.2) is 5.82 Å². The summed E-state index contributed by atoms with van der Waals surface area (Å²) in [5.74, 6) is 0.391. The lowest BCUT2D eigenvalue weighted by molar-refractivity contribution is 0.102. The lowest BCUT2D eigenvalue weighted by Crippen LogP contribution is -2.12. The van der Waals surface area contributed by atoms with E-state index in [9.17, 15) is 4.79 Å². The number of anilines is 1. The zero-order valence-electron chi connectivity index (χ0n) is 12.9. The van der Waals surface area contributed by atoms with Crippen LogP contribution in [0.15, 0.2) is 59.5 Å². The number of nitrogens with one attached hydrogen (secondary N) is 1. The normalized spacial score (nSPS) is 14.2. The number of hydrogen-bond acceptors (Lipinski definition) is 2. The highest BCUT2D eigenvalue weighted by molar-refractivity contribution is 6.29. The number of hydrogen-bond donors (Lipinski definition) is 1. The van der Waals surface area contributed by atoms with Gasteiger partial charge in [-0.05, 0) is 43.5 Å². The minimum atomic E-state index is -0.154. The average Bonchev–Trinajstić information content (AvgIpc) is 2.94. The smallest absolute Gasteiger partial charge is 0.256 e. The van der Waals surface area contributed by atoms with Gasteiger partial charge in [-0.2, -0.15) is 0 Å². The maximum absolute atomic E-state index is 12.2. The fourth-order valence-corrected chi connectivity index (χ4v) is 2.78. The Balaban J connectivity index is 1.65. The molecule has 1 aromatic carbocycles. The predicted octanol–water partition coefficient (Wildman–Crippen LogP) is 4.29. The highest BCUT2D eigenvalue weighted by Crippen LogP contribution is 2.21. The molecule has 0 spiro atoms. The largest absolute Gasteiger partial charge is 0.331 e. The molecule has 0 bridgehead atoms. The number of aromatic nitrogens is 2. The second-order valence-electron chi connectivity index (χ2n) is 5.66. The maximum atomic E-state index is 12.2. The summed E-state index contributed by atoms with van der Waals surface area (Å²) in [5, 5.41) is 3.70. The Bertz CT molecular complexity index is 789. The molecule has 0 saturated carbocycles. The predicted molar refractivity (Wildman–Crippen MR) is 92.6 cm³/mol. The second kappa shape index (κ2) is 6.84. The van der Waals surface area contributed by atoms with Gasteiger partial charge in [-0.25, -0.2) is 4.98 Å². The van der Waals surface area contributed by atoms with Crippen LogP contribution < -0.4 is 5.32 Å². The molecule has 0 radical (unpaired) electrons. The molecule has 1 N–H and O–H groups in total. The number of carbonyl (C=O) groups is 1. The molecule has 1 aromatic heterocycles. The van der Waals surface area contributed by atoms with E-state index in [4.69, 9.17) is 11.6 Å². The van der Waals surface area contributed by atoms with Crippen LogP contribution in [0.25, 0.3) is 0 Å². The first-order valence-electron chi connectivity index (χ1n) is 7.55. The first-order chi connectivity index (χ1) is 11.1. The summed E-state index contributed by atoms with van der Waals surface area (Å²) >= 11 is 6.07. The first kappa shape index (κ1) is 15.6. The van der Waals surface area contributed by atoms with Crippen LogP contribution in [0, 0.1) is 6.92 Å². The summed E-state index contributed by atoms with van der Waals surface area (Å²) in [7, 11) is 0. The van der Waals surface area contributed by atoms with Gasteiger partial charge in [0.25, 0.3) is 5.91 Å². The second-order valence-corrected chi connectivity index (χ2v) is 6.15. The first-order valence-corrected chi connectivity index (χ1v) is 7.93. The zero-order valence-corrected chi connectivity index (χ0v) is 13.7. The zero-order chi connectivity index (χ0) is 16.2. The van der Waals surface area contributed by atoms with Crippen LogP contribution in [-0.2, 0) is 6.54 Å². The lowest BCUT2D eigenvalue weighted by Gasteiger charge is -2.09. The van der Waals surface area contributed by atoms with Crippen molar-refractivity contribution in [3.63, 3.8) is 0 Å². The van der Waals surface area contributed by atoms with Gasteiger partial charge < -0.3 is 9.88 Å². The van der Waals surface area contributed by atoms with E-state index in [-0.39, 0.29) is 5.91 Å². The third-order valence-electron chi connectivity index (χ3n) is 3.65. The highest BCUT2D eigenvalue weighted by atomic mass is 35.5. The van der Waals surface area contributed by atoms with Crippen LogP contribution in [0.4, 0.5) is 5.82 Å². The number of aryl methyl sites for hydroxylation is 1. The summed E-state index contributed by atoms with van der Waals surface area (Å²) in [6, 6.07) is 7.47. The molecule has 0 aliphatic heterocycles. The Hall–Kier alpha value is -2.33. The molecule has 1 amide bonds. The Labute approximate surface area is 140 Å². The summed E-state index contributed by atoms with van der Waals surface area (Å²) in [6.45, 7) is 2.66. The van der Waals surface area contributed by atoms with Gasteiger partial charge in [-0.1, -0.05) is 35.4 Å². The van der Waals surface area contributed by atoms with Crippen LogP contribution in [0.3, 0.4) is 0 Å². The van der Waals surface area contributed by atoms with E-state index < -0.39 is 0 Å². The van der Waals surface area contributed by atoms with Crippen LogP contribution in [0.2, 0.25) is 0 Å². The van der Waals surface area contributed by atoms with E-state index in [1.807, 2.05) is 42.0 Å². The highest BCUT2D eigenvalue weighted by Gasteiger charge is 2.09. The lowest BCUT2D eigenvalue weighted by atomic mass is 10.1. The van der Waals surface area contributed by atoms with Crippen molar-refractivity contribution in [2.24, 2.45) is 0 Å². The number of nitrogens with zero attached hydrogens (tertiary/aromatic N) is 2. The molecule has 0 saturated heterocycles. The van der Waals surface area contributed by atoms with E-state index in [2.05, 4.69) is 16.4 Å². The summed E-state index contributed by atoms with van der Waals surface area (Å²) < 4.78 is 1.93. The van der Waals surface area contributed by atoms with Crippen molar-refractivity contribution in [2.75, 3.05) is 5.32 Å². The van der Waals surface area contributed by atoms with Gasteiger partial charge in [-0.3, -0.25) is 4.79 Å². The number of rotatable bonds is 4. The van der Waals surface area contributed by atoms with Crippen LogP contribution >= 0.6 is 11.6 Å². The Morgan fingerprint density at radius 3 is 3.09 bits per heavy atom. The molecule has 118 valence electrons. The molecular weight excluding hydrogens is 310 g/mol. The van der Waals surface area contributed by atoms with Gasteiger partial charge in [0.1, 0.15) is 0 Å². The minimum Gasteiger partial charge on any atom is -0.331 e. The molecule has 1 aliphatic carbocycles. The fraction of sp³-hybridized carbons (Fsp3) is 0.222. The van der Waals surface area contributed by atoms with Crippen LogP contribution in [0.1, 0.15) is 28.8 Å². The SMILES string of the molecule is Cc1cccc(C(=O)Nc2cn(CC3=CCCC(Cl)=C3)cn2)c1. The molecule has 23 heavy (non-hydrogen) atoms. The van der Waals surface area contributed by atoms with Gasteiger partial charge in [-0.15, -0.1) is 0 Å². The molecule has 0 unspecified atom stereocenters. The minimum absolute atomic E-state index is 0.154. The molecule has 0 fully saturated rings. The van der Waals surface area contributed by atoms with Crippen molar-refractivity contribution in [3.8, 4) is 0 Å². The monoisotopic (exact) mass is 327 g/mol. The molecule has 2 aromatic rings. The van der Waals surface area contributed by atoms with E-state index in [1.165, 1.54) is 0 Å².